The van der Waals surface area contributed by atoms with Crippen LogP contribution in [0.5, 0.6) is 0 Å². The van der Waals surface area contributed by atoms with Gasteiger partial charge in [-0.25, -0.2) is 18.0 Å². The van der Waals surface area contributed by atoms with E-state index in [1.54, 1.807) is 0 Å². The molecule has 0 saturated heterocycles. The van der Waals surface area contributed by atoms with Gasteiger partial charge in [-0.1, -0.05) is 0 Å². The molecule has 0 atom stereocenters. The molecule has 0 aliphatic heterocycles. The summed E-state index contributed by atoms with van der Waals surface area (Å²) in [6.45, 7) is 1.18. The van der Waals surface area contributed by atoms with Crippen LogP contribution in [0.15, 0.2) is 6.07 Å². The SMILES string of the molecule is CC(=O)NC1(c2c(F)cc(C(=O)O)c(F)c2F)CC1. The first-order chi connectivity index (χ1) is 8.78. The Morgan fingerprint density at radius 2 is 1.84 bits per heavy atom. The molecule has 0 heterocycles. The number of rotatable bonds is 3. The van der Waals surface area contributed by atoms with Crippen LogP contribution in [0.25, 0.3) is 0 Å². The highest BCUT2D eigenvalue weighted by Crippen LogP contribution is 2.48. The molecule has 1 amide bonds. The molecule has 1 aromatic rings. The number of nitrogens with one attached hydrogen (secondary N) is 1. The van der Waals surface area contributed by atoms with Crippen LogP contribution in [-0.4, -0.2) is 17.0 Å². The summed E-state index contributed by atoms with van der Waals surface area (Å²) in [5.41, 5.74) is -2.96. The number of halogens is 3. The third-order valence-electron chi connectivity index (χ3n) is 3.03. The molecule has 2 rings (SSSR count). The second-order valence-corrected chi connectivity index (χ2v) is 4.48. The molecule has 0 bridgehead atoms. The number of hydrogen-bond acceptors (Lipinski definition) is 2. The zero-order valence-electron chi connectivity index (χ0n) is 9.89. The number of carboxylic acid groups (broad SMARTS) is 1. The van der Waals surface area contributed by atoms with E-state index in [-0.39, 0.29) is 12.8 Å². The van der Waals surface area contributed by atoms with Crippen molar-refractivity contribution in [2.45, 2.75) is 25.3 Å². The topological polar surface area (TPSA) is 66.4 Å². The van der Waals surface area contributed by atoms with Gasteiger partial charge in [0.1, 0.15) is 11.4 Å². The molecule has 0 spiro atoms. The van der Waals surface area contributed by atoms with Crippen molar-refractivity contribution in [3.8, 4) is 0 Å². The number of carbonyl (C=O) groups excluding carboxylic acids is 1. The van der Waals surface area contributed by atoms with Gasteiger partial charge in [-0.2, -0.15) is 0 Å². The molecule has 1 aromatic carbocycles. The van der Waals surface area contributed by atoms with E-state index in [9.17, 15) is 22.8 Å². The average molecular weight is 273 g/mol. The number of benzene rings is 1. The number of carboxylic acids is 1. The first-order valence-corrected chi connectivity index (χ1v) is 5.48. The minimum Gasteiger partial charge on any atom is -0.478 e. The second kappa shape index (κ2) is 4.25. The van der Waals surface area contributed by atoms with Crippen molar-refractivity contribution in [2.24, 2.45) is 0 Å². The number of aromatic carboxylic acids is 1. The lowest BCUT2D eigenvalue weighted by Gasteiger charge is -2.19. The predicted molar refractivity (Wildman–Crippen MR) is 58.0 cm³/mol. The lowest BCUT2D eigenvalue weighted by atomic mass is 10.00. The molecule has 1 fully saturated rings. The lowest BCUT2D eigenvalue weighted by Crippen LogP contribution is -2.35. The number of amides is 1. The summed E-state index contributed by atoms with van der Waals surface area (Å²) in [6, 6.07) is 0.429. The first-order valence-electron chi connectivity index (χ1n) is 5.48. The molecule has 7 heteroatoms. The third kappa shape index (κ3) is 2.16. The fraction of sp³-hybridized carbons (Fsp3) is 0.333. The van der Waals surface area contributed by atoms with E-state index in [2.05, 4.69) is 5.32 Å². The van der Waals surface area contributed by atoms with Gasteiger partial charge < -0.3 is 10.4 Å². The predicted octanol–water partition coefficient (Wildman–Crippen LogP) is 1.93. The smallest absolute Gasteiger partial charge is 0.338 e. The summed E-state index contributed by atoms with van der Waals surface area (Å²) in [5, 5.41) is 11.0. The van der Waals surface area contributed by atoms with Crippen molar-refractivity contribution >= 4 is 11.9 Å². The zero-order chi connectivity index (χ0) is 14.4. The molecule has 102 valence electrons. The van der Waals surface area contributed by atoms with Crippen molar-refractivity contribution in [1.29, 1.82) is 0 Å². The Hall–Kier alpha value is -2.05. The average Bonchev–Trinajstić information content (AvgIpc) is 3.02. The zero-order valence-corrected chi connectivity index (χ0v) is 9.89. The monoisotopic (exact) mass is 273 g/mol. The van der Waals surface area contributed by atoms with Gasteiger partial charge >= 0.3 is 5.97 Å². The largest absolute Gasteiger partial charge is 0.478 e. The van der Waals surface area contributed by atoms with E-state index in [0.717, 1.165) is 0 Å². The highest BCUT2D eigenvalue weighted by atomic mass is 19.2. The van der Waals surface area contributed by atoms with E-state index in [0.29, 0.717) is 6.07 Å². The Kier molecular flexibility index (Phi) is 3.00. The Morgan fingerprint density at radius 3 is 2.26 bits per heavy atom. The molecule has 2 N–H and O–H groups in total. The van der Waals surface area contributed by atoms with Gasteiger partial charge in [-0.15, -0.1) is 0 Å². The van der Waals surface area contributed by atoms with Gasteiger partial charge in [0.2, 0.25) is 5.91 Å². The van der Waals surface area contributed by atoms with Crippen molar-refractivity contribution in [3.05, 3.63) is 34.6 Å². The third-order valence-corrected chi connectivity index (χ3v) is 3.03. The molecule has 1 aliphatic carbocycles. The van der Waals surface area contributed by atoms with Crippen LogP contribution in [0.4, 0.5) is 13.2 Å². The lowest BCUT2D eigenvalue weighted by molar-refractivity contribution is -0.120. The summed E-state index contributed by atoms with van der Waals surface area (Å²) >= 11 is 0. The molecule has 0 aromatic heterocycles. The molecule has 0 radical (unpaired) electrons. The van der Waals surface area contributed by atoms with Crippen molar-refractivity contribution in [3.63, 3.8) is 0 Å². The quantitative estimate of drug-likeness (QED) is 0.827. The number of hydrogen-bond donors (Lipinski definition) is 2. The Balaban J connectivity index is 2.57. The Bertz CT molecular complexity index is 582. The van der Waals surface area contributed by atoms with Crippen LogP contribution in [0.3, 0.4) is 0 Å². The van der Waals surface area contributed by atoms with Crippen molar-refractivity contribution in [1.82, 2.24) is 5.32 Å². The van der Waals surface area contributed by atoms with E-state index in [4.69, 9.17) is 5.11 Å². The van der Waals surface area contributed by atoms with Gasteiger partial charge in [0.25, 0.3) is 0 Å². The van der Waals surface area contributed by atoms with E-state index < -0.39 is 46.0 Å². The maximum absolute atomic E-state index is 13.8. The molecule has 19 heavy (non-hydrogen) atoms. The molecular formula is C12H10F3NO3. The molecule has 1 saturated carbocycles. The maximum atomic E-state index is 13.8. The van der Waals surface area contributed by atoms with Gasteiger partial charge in [-0.3, -0.25) is 4.79 Å². The van der Waals surface area contributed by atoms with Crippen molar-refractivity contribution in [2.75, 3.05) is 0 Å². The van der Waals surface area contributed by atoms with Gasteiger partial charge in [-0.05, 0) is 18.9 Å². The van der Waals surface area contributed by atoms with Crippen LogP contribution in [0, 0.1) is 17.5 Å². The molecule has 1 aliphatic rings. The molecule has 0 unspecified atom stereocenters. The summed E-state index contributed by atoms with van der Waals surface area (Å²) in [6.07, 6.45) is 0.540. The van der Waals surface area contributed by atoms with Crippen LogP contribution in [-0.2, 0) is 10.3 Å². The second-order valence-electron chi connectivity index (χ2n) is 4.48. The van der Waals surface area contributed by atoms with E-state index >= 15 is 0 Å². The first kappa shape index (κ1) is 13.4. The minimum absolute atomic E-state index is 0.270. The Morgan fingerprint density at radius 1 is 1.26 bits per heavy atom. The van der Waals surface area contributed by atoms with Crippen LogP contribution in [0.1, 0.15) is 35.7 Å². The maximum Gasteiger partial charge on any atom is 0.338 e. The standard InChI is InChI=1S/C12H10F3NO3/c1-5(17)16-12(2-3-12)8-7(13)4-6(11(18)19)9(14)10(8)15/h4H,2-3H2,1H3,(H,16,17)(H,18,19). The highest BCUT2D eigenvalue weighted by Gasteiger charge is 2.50. The highest BCUT2D eigenvalue weighted by molar-refractivity contribution is 5.88. The number of carbonyl (C=O) groups is 2. The molecule has 4 nitrogen and oxygen atoms in total. The molecular weight excluding hydrogens is 263 g/mol. The van der Waals surface area contributed by atoms with Gasteiger partial charge in [0.15, 0.2) is 11.6 Å². The Labute approximate surface area is 106 Å². The summed E-state index contributed by atoms with van der Waals surface area (Å²) < 4.78 is 41.2. The van der Waals surface area contributed by atoms with Gasteiger partial charge in [0.05, 0.1) is 11.1 Å². The van der Waals surface area contributed by atoms with E-state index in [1.165, 1.54) is 6.92 Å². The fourth-order valence-corrected chi connectivity index (χ4v) is 2.09. The van der Waals surface area contributed by atoms with Crippen LogP contribution >= 0.6 is 0 Å². The van der Waals surface area contributed by atoms with Crippen LogP contribution < -0.4 is 5.32 Å². The fourth-order valence-electron chi connectivity index (χ4n) is 2.09. The minimum atomic E-state index is -1.76. The van der Waals surface area contributed by atoms with Gasteiger partial charge in [0, 0.05) is 6.92 Å². The van der Waals surface area contributed by atoms with E-state index in [1.807, 2.05) is 0 Å². The normalized spacial score (nSPS) is 16.0. The van der Waals surface area contributed by atoms with Crippen LogP contribution in [0.2, 0.25) is 0 Å². The summed E-state index contributed by atoms with van der Waals surface area (Å²) in [7, 11) is 0. The van der Waals surface area contributed by atoms with Crippen molar-refractivity contribution < 1.29 is 27.9 Å². The summed E-state index contributed by atoms with van der Waals surface area (Å²) in [4.78, 5) is 21.6. The summed E-state index contributed by atoms with van der Waals surface area (Å²) in [5.74, 6) is -6.63.